The van der Waals surface area contributed by atoms with Gasteiger partial charge in [-0.15, -0.1) is 0 Å². The first-order chi connectivity index (χ1) is 7.67. The molecule has 1 spiro atoms. The molecule has 5 heteroatoms. The first-order valence-corrected chi connectivity index (χ1v) is 7.22. The quantitative estimate of drug-likeness (QED) is 0.781. The Morgan fingerprint density at radius 3 is 2.81 bits per heavy atom. The summed E-state index contributed by atoms with van der Waals surface area (Å²) in [6.07, 6.45) is 1.74. The number of likely N-dealkylation sites (tertiary alicyclic amines) is 1. The third-order valence-electron chi connectivity index (χ3n) is 3.19. The minimum absolute atomic E-state index is 0.271. The summed E-state index contributed by atoms with van der Waals surface area (Å²) in [5.41, 5.74) is 1.56. The van der Waals surface area contributed by atoms with Crippen molar-refractivity contribution in [3.63, 3.8) is 0 Å². The Balaban J connectivity index is 1.60. The highest BCUT2D eigenvalue weighted by Gasteiger charge is 2.47. The fourth-order valence-corrected chi connectivity index (χ4v) is 3.76. The van der Waals surface area contributed by atoms with Gasteiger partial charge in [-0.25, -0.2) is 9.37 Å². The second kappa shape index (κ2) is 3.96. The van der Waals surface area contributed by atoms with Gasteiger partial charge in [-0.05, 0) is 27.6 Å². The van der Waals surface area contributed by atoms with E-state index in [1.807, 2.05) is 11.8 Å². The summed E-state index contributed by atoms with van der Waals surface area (Å²) in [7, 11) is 0. The molecule has 0 aromatic carbocycles. The Morgan fingerprint density at radius 2 is 2.25 bits per heavy atom. The van der Waals surface area contributed by atoms with E-state index in [2.05, 4.69) is 25.8 Å². The van der Waals surface area contributed by atoms with Crippen molar-refractivity contribution < 1.29 is 4.39 Å². The van der Waals surface area contributed by atoms with Crippen LogP contribution in [-0.2, 0) is 6.54 Å². The summed E-state index contributed by atoms with van der Waals surface area (Å²) in [5.74, 6) is 2.33. The van der Waals surface area contributed by atoms with Crippen molar-refractivity contribution in [1.82, 2.24) is 9.88 Å². The summed E-state index contributed by atoms with van der Waals surface area (Å²) in [6, 6.07) is 1.57. The van der Waals surface area contributed by atoms with Gasteiger partial charge >= 0.3 is 0 Å². The fourth-order valence-electron chi connectivity index (χ4n) is 2.39. The summed E-state index contributed by atoms with van der Waals surface area (Å²) in [4.78, 5) is 6.34. The van der Waals surface area contributed by atoms with Crippen molar-refractivity contribution in [1.29, 1.82) is 0 Å². The molecule has 16 heavy (non-hydrogen) atoms. The third-order valence-corrected chi connectivity index (χ3v) is 5.41. The van der Waals surface area contributed by atoms with E-state index in [1.165, 1.54) is 11.5 Å². The van der Waals surface area contributed by atoms with Gasteiger partial charge in [0.25, 0.3) is 0 Å². The van der Waals surface area contributed by atoms with Crippen molar-refractivity contribution in [2.75, 3.05) is 24.6 Å². The number of rotatable bonds is 2. The molecule has 0 amide bonds. The summed E-state index contributed by atoms with van der Waals surface area (Å²) < 4.78 is 13.5. The lowest BCUT2D eigenvalue weighted by atomic mass is 9.82. The largest absolute Gasteiger partial charge is 0.298 e. The molecule has 3 heterocycles. The molecular formula is C11H12BrFN2S. The highest BCUT2D eigenvalue weighted by Crippen LogP contribution is 2.45. The molecule has 2 fully saturated rings. The van der Waals surface area contributed by atoms with Crippen LogP contribution in [0.4, 0.5) is 4.39 Å². The second-order valence-corrected chi connectivity index (χ2v) is 6.49. The minimum Gasteiger partial charge on any atom is -0.298 e. The van der Waals surface area contributed by atoms with Gasteiger partial charge in [-0.3, -0.25) is 4.90 Å². The maximum Gasteiger partial charge on any atom is 0.156 e. The lowest BCUT2D eigenvalue weighted by Crippen LogP contribution is -2.62. The van der Waals surface area contributed by atoms with E-state index in [0.29, 0.717) is 10.0 Å². The van der Waals surface area contributed by atoms with Crippen LogP contribution in [0, 0.1) is 11.2 Å². The third kappa shape index (κ3) is 1.89. The normalized spacial score (nSPS) is 22.9. The zero-order valence-electron chi connectivity index (χ0n) is 8.75. The Hall–Kier alpha value is -0.130. The highest BCUT2D eigenvalue weighted by molar-refractivity contribution is 9.10. The number of aromatic nitrogens is 1. The Labute approximate surface area is 107 Å². The van der Waals surface area contributed by atoms with E-state index in [1.54, 1.807) is 12.3 Å². The smallest absolute Gasteiger partial charge is 0.156 e. The van der Waals surface area contributed by atoms with Crippen molar-refractivity contribution in [3.05, 3.63) is 28.2 Å². The Kier molecular flexibility index (Phi) is 2.72. The predicted molar refractivity (Wildman–Crippen MR) is 66.9 cm³/mol. The predicted octanol–water partition coefficient (Wildman–Crippen LogP) is 2.53. The molecule has 86 valence electrons. The van der Waals surface area contributed by atoms with E-state index in [-0.39, 0.29) is 5.82 Å². The molecule has 0 aliphatic carbocycles. The number of hydrogen-bond acceptors (Lipinski definition) is 3. The minimum atomic E-state index is -0.271. The first-order valence-electron chi connectivity index (χ1n) is 5.27. The van der Waals surface area contributed by atoms with Crippen LogP contribution in [0.5, 0.6) is 0 Å². The van der Waals surface area contributed by atoms with Crippen LogP contribution in [0.3, 0.4) is 0 Å². The maximum absolute atomic E-state index is 13.2. The molecule has 0 radical (unpaired) electrons. The number of pyridine rings is 1. The van der Waals surface area contributed by atoms with E-state index in [4.69, 9.17) is 0 Å². The standard InChI is InChI=1S/C11H12BrFN2S/c12-10-9(13)1-8(2-14-10)3-15-4-11(5-15)6-16-7-11/h1-2H,3-7H2. The number of hydrogen-bond donors (Lipinski definition) is 0. The lowest BCUT2D eigenvalue weighted by Gasteiger charge is -2.55. The topological polar surface area (TPSA) is 16.1 Å². The van der Waals surface area contributed by atoms with E-state index in [9.17, 15) is 4.39 Å². The Morgan fingerprint density at radius 1 is 1.50 bits per heavy atom. The molecule has 0 atom stereocenters. The van der Waals surface area contributed by atoms with Crippen molar-refractivity contribution in [2.24, 2.45) is 5.41 Å². The monoisotopic (exact) mass is 302 g/mol. The average Bonchev–Trinajstić information content (AvgIpc) is 2.13. The van der Waals surface area contributed by atoms with Crippen LogP contribution in [-0.4, -0.2) is 34.5 Å². The lowest BCUT2D eigenvalue weighted by molar-refractivity contribution is 0.0230. The molecule has 2 nitrogen and oxygen atoms in total. The van der Waals surface area contributed by atoms with E-state index >= 15 is 0 Å². The molecule has 0 bridgehead atoms. The molecule has 1 aromatic heterocycles. The molecule has 0 N–H and O–H groups in total. The van der Waals surface area contributed by atoms with Gasteiger partial charge in [-0.2, -0.15) is 11.8 Å². The van der Waals surface area contributed by atoms with Gasteiger partial charge in [0.2, 0.25) is 0 Å². The van der Waals surface area contributed by atoms with Crippen LogP contribution in [0.1, 0.15) is 5.56 Å². The molecule has 2 aliphatic heterocycles. The number of nitrogens with zero attached hydrogens (tertiary/aromatic N) is 2. The molecule has 2 saturated heterocycles. The van der Waals surface area contributed by atoms with Gasteiger partial charge in [0.05, 0.1) is 0 Å². The van der Waals surface area contributed by atoms with Crippen LogP contribution >= 0.6 is 27.7 Å². The second-order valence-electron chi connectivity index (χ2n) is 4.75. The molecule has 0 saturated carbocycles. The van der Waals surface area contributed by atoms with Crippen LogP contribution in [0.25, 0.3) is 0 Å². The van der Waals surface area contributed by atoms with Crippen LogP contribution in [0.15, 0.2) is 16.9 Å². The molecule has 2 aliphatic rings. The highest BCUT2D eigenvalue weighted by atomic mass is 79.9. The Bertz CT molecular complexity index is 414. The van der Waals surface area contributed by atoms with Crippen molar-refractivity contribution >= 4 is 27.7 Å². The first kappa shape index (κ1) is 11.0. The maximum atomic E-state index is 13.2. The summed E-state index contributed by atoms with van der Waals surface area (Å²) >= 11 is 5.09. The number of halogens is 2. The van der Waals surface area contributed by atoms with Crippen LogP contribution in [0.2, 0.25) is 0 Å². The van der Waals surface area contributed by atoms with Gasteiger partial charge < -0.3 is 0 Å². The van der Waals surface area contributed by atoms with Gasteiger partial charge in [0.15, 0.2) is 5.82 Å². The van der Waals surface area contributed by atoms with E-state index < -0.39 is 0 Å². The van der Waals surface area contributed by atoms with E-state index in [0.717, 1.165) is 25.2 Å². The number of thioether (sulfide) groups is 1. The SMILES string of the molecule is Fc1cc(CN2CC3(CSC3)C2)cnc1Br. The summed E-state index contributed by atoms with van der Waals surface area (Å²) in [5, 5.41) is 0. The van der Waals surface area contributed by atoms with Crippen molar-refractivity contribution in [2.45, 2.75) is 6.54 Å². The van der Waals surface area contributed by atoms with Gasteiger partial charge in [0.1, 0.15) is 4.60 Å². The zero-order valence-corrected chi connectivity index (χ0v) is 11.2. The molecule has 0 unspecified atom stereocenters. The average molecular weight is 303 g/mol. The summed E-state index contributed by atoms with van der Waals surface area (Å²) in [6.45, 7) is 3.15. The molecule has 3 rings (SSSR count). The fraction of sp³-hybridized carbons (Fsp3) is 0.545. The van der Waals surface area contributed by atoms with Crippen LogP contribution < -0.4 is 0 Å². The molecule has 1 aromatic rings. The van der Waals surface area contributed by atoms with Gasteiger partial charge in [-0.1, -0.05) is 0 Å². The molecular weight excluding hydrogens is 291 g/mol. The van der Waals surface area contributed by atoms with Gasteiger partial charge in [0, 0.05) is 42.8 Å². The van der Waals surface area contributed by atoms with Crippen molar-refractivity contribution in [3.8, 4) is 0 Å². The zero-order chi connectivity index (χ0) is 11.2.